The lowest BCUT2D eigenvalue weighted by molar-refractivity contribution is -0.118. The van der Waals surface area contributed by atoms with Crippen LogP contribution in [0.3, 0.4) is 0 Å². The summed E-state index contributed by atoms with van der Waals surface area (Å²) in [7, 11) is 0. The van der Waals surface area contributed by atoms with Gasteiger partial charge < -0.3 is 14.4 Å². The van der Waals surface area contributed by atoms with E-state index in [4.69, 9.17) is 0 Å². The highest BCUT2D eigenvalue weighted by Gasteiger charge is 2.39. The average molecular weight is 419 g/mol. The van der Waals surface area contributed by atoms with E-state index in [0.29, 0.717) is 11.4 Å². The summed E-state index contributed by atoms with van der Waals surface area (Å²) in [6.07, 6.45) is 1.70. The lowest BCUT2D eigenvalue weighted by atomic mass is 9.98. The van der Waals surface area contributed by atoms with E-state index in [2.05, 4.69) is 47.4 Å². The monoisotopic (exact) mass is 418 g/mol. The number of anilines is 2. The van der Waals surface area contributed by atoms with Gasteiger partial charge >= 0.3 is 0 Å². The summed E-state index contributed by atoms with van der Waals surface area (Å²) in [5.74, 6) is 0.0887. The summed E-state index contributed by atoms with van der Waals surface area (Å²) < 4.78 is 20.4. The van der Waals surface area contributed by atoms with Gasteiger partial charge in [0.15, 0.2) is 11.1 Å². The maximum absolute atomic E-state index is 13.3. The zero-order valence-corrected chi connectivity index (χ0v) is 17.2. The van der Waals surface area contributed by atoms with Crippen LogP contribution in [0.2, 0.25) is 0 Å². The zero-order chi connectivity index (χ0) is 20.7. The molecule has 1 fully saturated rings. The SMILES string of the molecule is O=C1[C@H](N2CCc3c(-c4ccccc4)cccc32)CCN1c1ccc(S(=O)O)cc1. The average Bonchev–Trinajstić information content (AvgIpc) is 3.37. The highest BCUT2D eigenvalue weighted by atomic mass is 32.2. The van der Waals surface area contributed by atoms with Crippen LogP contribution in [-0.2, 0) is 22.3 Å². The molecule has 2 aliphatic heterocycles. The van der Waals surface area contributed by atoms with Crippen LogP contribution in [0, 0.1) is 0 Å². The first kappa shape index (κ1) is 19.0. The first-order chi connectivity index (χ1) is 14.6. The molecule has 0 aliphatic carbocycles. The van der Waals surface area contributed by atoms with Crippen molar-refractivity contribution in [1.82, 2.24) is 0 Å². The van der Waals surface area contributed by atoms with Crippen LogP contribution in [0.25, 0.3) is 11.1 Å². The van der Waals surface area contributed by atoms with Crippen molar-refractivity contribution in [1.29, 1.82) is 0 Å². The number of hydrogen-bond donors (Lipinski definition) is 1. The molecule has 152 valence electrons. The highest BCUT2D eigenvalue weighted by molar-refractivity contribution is 7.79. The third-order valence-corrected chi connectivity index (χ3v) is 6.73. The maximum atomic E-state index is 13.3. The van der Waals surface area contributed by atoms with Crippen LogP contribution in [0.5, 0.6) is 0 Å². The molecule has 30 heavy (non-hydrogen) atoms. The van der Waals surface area contributed by atoms with Crippen molar-refractivity contribution in [2.24, 2.45) is 0 Å². The number of carbonyl (C=O) groups excluding carboxylic acids is 1. The molecule has 6 heteroatoms. The van der Waals surface area contributed by atoms with E-state index in [1.807, 2.05) is 6.07 Å². The van der Waals surface area contributed by atoms with Crippen molar-refractivity contribution in [2.75, 3.05) is 22.9 Å². The number of benzene rings is 3. The fourth-order valence-corrected chi connectivity index (χ4v) is 4.99. The number of fused-ring (bicyclic) bond motifs is 1. The Morgan fingerprint density at radius 2 is 1.67 bits per heavy atom. The minimum Gasteiger partial charge on any atom is -0.359 e. The predicted octanol–water partition coefficient (Wildman–Crippen LogP) is 4.10. The normalized spacial score (nSPS) is 19.2. The molecule has 2 heterocycles. The second-order valence-electron chi connectivity index (χ2n) is 7.65. The van der Waals surface area contributed by atoms with E-state index in [1.54, 1.807) is 29.2 Å². The minimum absolute atomic E-state index is 0.0887. The van der Waals surface area contributed by atoms with Crippen LogP contribution >= 0.6 is 0 Å². The van der Waals surface area contributed by atoms with Gasteiger partial charge in [0.2, 0.25) is 5.91 Å². The molecule has 0 saturated carbocycles. The van der Waals surface area contributed by atoms with Crippen LogP contribution in [0.4, 0.5) is 11.4 Å². The third-order valence-electron chi connectivity index (χ3n) is 6.05. The van der Waals surface area contributed by atoms with E-state index >= 15 is 0 Å². The first-order valence-electron chi connectivity index (χ1n) is 10.1. The van der Waals surface area contributed by atoms with E-state index in [-0.39, 0.29) is 11.9 Å². The number of amides is 1. The van der Waals surface area contributed by atoms with E-state index in [9.17, 15) is 13.6 Å². The van der Waals surface area contributed by atoms with Gasteiger partial charge in [0.05, 0.1) is 4.90 Å². The van der Waals surface area contributed by atoms with Crippen molar-refractivity contribution in [3.8, 4) is 11.1 Å². The Morgan fingerprint density at radius 3 is 2.40 bits per heavy atom. The number of carbonyl (C=O) groups is 1. The van der Waals surface area contributed by atoms with Gasteiger partial charge in [0.25, 0.3) is 0 Å². The van der Waals surface area contributed by atoms with Gasteiger partial charge in [-0.3, -0.25) is 4.79 Å². The Morgan fingerprint density at radius 1 is 0.900 bits per heavy atom. The van der Waals surface area contributed by atoms with Gasteiger partial charge in [-0.2, -0.15) is 0 Å². The number of nitrogens with zero attached hydrogens (tertiary/aromatic N) is 2. The first-order valence-corrected chi connectivity index (χ1v) is 11.2. The molecule has 3 aromatic rings. The molecule has 0 bridgehead atoms. The fourth-order valence-electron chi connectivity index (χ4n) is 4.62. The predicted molar refractivity (Wildman–Crippen MR) is 119 cm³/mol. The van der Waals surface area contributed by atoms with Crippen molar-refractivity contribution < 1.29 is 13.6 Å². The summed E-state index contributed by atoms with van der Waals surface area (Å²) in [6, 6.07) is 23.3. The van der Waals surface area contributed by atoms with Crippen LogP contribution in [-0.4, -0.2) is 33.8 Å². The van der Waals surface area contributed by atoms with Crippen molar-refractivity contribution in [2.45, 2.75) is 23.8 Å². The van der Waals surface area contributed by atoms with E-state index in [0.717, 1.165) is 30.8 Å². The summed E-state index contributed by atoms with van der Waals surface area (Å²) in [5, 5.41) is 0. The Bertz CT molecular complexity index is 1120. The fraction of sp³-hybridized carbons (Fsp3) is 0.208. The molecule has 5 rings (SSSR count). The van der Waals surface area contributed by atoms with Gasteiger partial charge in [-0.15, -0.1) is 0 Å². The standard InChI is InChI=1S/C24H22N2O3S/c27-24-23(14-16-25(24)18-9-11-19(12-10-18)30(28)29)26-15-13-21-20(7-4-8-22(21)26)17-5-2-1-3-6-17/h1-12,23H,13-16H2,(H,28,29)/t23-/m1/s1. The Hall–Kier alpha value is -2.96. The summed E-state index contributed by atoms with van der Waals surface area (Å²) in [6.45, 7) is 1.49. The summed E-state index contributed by atoms with van der Waals surface area (Å²) in [5.41, 5.74) is 5.68. The molecule has 0 spiro atoms. The molecule has 5 nitrogen and oxygen atoms in total. The topological polar surface area (TPSA) is 60.9 Å². The molecule has 1 saturated heterocycles. The minimum atomic E-state index is -2.01. The second-order valence-corrected chi connectivity index (χ2v) is 8.62. The molecular formula is C24H22N2O3S. The molecule has 1 amide bonds. The second kappa shape index (κ2) is 7.70. The van der Waals surface area contributed by atoms with Crippen molar-refractivity contribution in [3.63, 3.8) is 0 Å². The molecule has 3 aromatic carbocycles. The van der Waals surface area contributed by atoms with Gasteiger partial charge in [-0.05, 0) is 59.9 Å². The van der Waals surface area contributed by atoms with Crippen LogP contribution < -0.4 is 9.80 Å². The van der Waals surface area contributed by atoms with Crippen LogP contribution in [0.1, 0.15) is 12.0 Å². The lowest BCUT2D eigenvalue weighted by Gasteiger charge is -2.26. The smallest absolute Gasteiger partial charge is 0.249 e. The zero-order valence-electron chi connectivity index (χ0n) is 16.4. The Balaban J connectivity index is 1.41. The quantitative estimate of drug-likeness (QED) is 0.648. The largest absolute Gasteiger partial charge is 0.359 e. The number of rotatable bonds is 4. The van der Waals surface area contributed by atoms with Gasteiger partial charge in [0, 0.05) is 24.5 Å². The molecule has 0 radical (unpaired) electrons. The molecule has 2 aliphatic rings. The van der Waals surface area contributed by atoms with Gasteiger partial charge in [0.1, 0.15) is 6.04 Å². The Labute approximate surface area is 178 Å². The van der Waals surface area contributed by atoms with Gasteiger partial charge in [-0.1, -0.05) is 42.5 Å². The summed E-state index contributed by atoms with van der Waals surface area (Å²) >= 11 is -2.01. The highest BCUT2D eigenvalue weighted by Crippen LogP contribution is 2.39. The molecule has 0 aromatic heterocycles. The molecular weight excluding hydrogens is 396 g/mol. The Kier molecular flexibility index (Phi) is 4.89. The van der Waals surface area contributed by atoms with E-state index in [1.165, 1.54) is 16.7 Å². The lowest BCUT2D eigenvalue weighted by Crippen LogP contribution is -2.41. The van der Waals surface area contributed by atoms with Crippen molar-refractivity contribution in [3.05, 3.63) is 78.4 Å². The van der Waals surface area contributed by atoms with E-state index < -0.39 is 11.1 Å². The molecule has 1 unspecified atom stereocenters. The van der Waals surface area contributed by atoms with Gasteiger partial charge in [-0.25, -0.2) is 4.21 Å². The molecule has 2 atom stereocenters. The maximum Gasteiger partial charge on any atom is 0.249 e. The summed E-state index contributed by atoms with van der Waals surface area (Å²) in [4.78, 5) is 17.6. The number of hydrogen-bond acceptors (Lipinski definition) is 3. The van der Waals surface area contributed by atoms with Crippen molar-refractivity contribution >= 4 is 28.4 Å². The molecule has 1 N–H and O–H groups in total. The third kappa shape index (κ3) is 3.22. The van der Waals surface area contributed by atoms with Crippen LogP contribution in [0.15, 0.2) is 77.7 Å².